The van der Waals surface area contributed by atoms with Crippen molar-refractivity contribution in [1.82, 2.24) is 15.2 Å². The number of nitrogens with zero attached hydrogens (tertiary/aromatic N) is 2. The summed E-state index contributed by atoms with van der Waals surface area (Å²) in [6.45, 7) is 1.92. The lowest BCUT2D eigenvalue weighted by Crippen LogP contribution is -2.32. The number of carbonyl (C=O) groups excluding carboxylic acids is 1. The normalized spacial score (nSPS) is 10.4. The fourth-order valence-corrected chi connectivity index (χ4v) is 2.03. The van der Waals surface area contributed by atoms with Gasteiger partial charge < -0.3 is 0 Å². The average molecular weight is 265 g/mol. The van der Waals surface area contributed by atoms with Crippen molar-refractivity contribution in [2.75, 3.05) is 0 Å². The van der Waals surface area contributed by atoms with Crippen LogP contribution in [0.15, 0.2) is 30.3 Å². The molecule has 0 atom stereocenters. The van der Waals surface area contributed by atoms with Gasteiger partial charge in [0.05, 0.1) is 16.4 Å². The van der Waals surface area contributed by atoms with Gasteiger partial charge in [0.25, 0.3) is 5.91 Å². The summed E-state index contributed by atoms with van der Waals surface area (Å²) in [5, 5.41) is 4.67. The van der Waals surface area contributed by atoms with Crippen LogP contribution in [-0.4, -0.2) is 15.7 Å². The van der Waals surface area contributed by atoms with Gasteiger partial charge >= 0.3 is 0 Å². The van der Waals surface area contributed by atoms with Gasteiger partial charge in [0.15, 0.2) is 5.69 Å². The summed E-state index contributed by atoms with van der Waals surface area (Å²) >= 11 is 6.15. The van der Waals surface area contributed by atoms with Crippen LogP contribution in [0.25, 0.3) is 5.69 Å². The van der Waals surface area contributed by atoms with E-state index in [2.05, 4.69) is 10.5 Å². The van der Waals surface area contributed by atoms with Crippen LogP contribution in [-0.2, 0) is 6.42 Å². The molecule has 18 heavy (non-hydrogen) atoms. The number of para-hydroxylation sites is 1. The van der Waals surface area contributed by atoms with E-state index in [0.717, 1.165) is 5.69 Å². The van der Waals surface area contributed by atoms with E-state index in [9.17, 15) is 4.79 Å². The maximum atomic E-state index is 11.8. The molecule has 0 saturated carbocycles. The Hall–Kier alpha value is -1.85. The first-order valence-corrected chi connectivity index (χ1v) is 5.90. The van der Waals surface area contributed by atoms with Gasteiger partial charge in [0.1, 0.15) is 0 Å². The summed E-state index contributed by atoms with van der Waals surface area (Å²) in [6.07, 6.45) is 0.642. The second-order valence-corrected chi connectivity index (χ2v) is 4.06. The number of rotatable bonds is 3. The Morgan fingerprint density at radius 2 is 2.11 bits per heavy atom. The lowest BCUT2D eigenvalue weighted by molar-refractivity contribution is 0.0946. The maximum absolute atomic E-state index is 11.8. The maximum Gasteiger partial charge on any atom is 0.285 e. The second-order valence-electron chi connectivity index (χ2n) is 3.68. The first-order chi connectivity index (χ1) is 8.69. The van der Waals surface area contributed by atoms with Crippen LogP contribution in [0.2, 0.25) is 5.02 Å². The molecule has 3 N–H and O–H groups in total. The molecule has 0 aliphatic heterocycles. The largest absolute Gasteiger partial charge is 0.289 e. The Labute approximate surface area is 110 Å². The fourth-order valence-electron chi connectivity index (χ4n) is 1.69. The van der Waals surface area contributed by atoms with E-state index in [1.165, 1.54) is 4.68 Å². The number of aryl methyl sites for hydroxylation is 1. The van der Waals surface area contributed by atoms with Gasteiger partial charge in [-0.25, -0.2) is 10.5 Å². The number of amides is 1. The first kappa shape index (κ1) is 12.6. The van der Waals surface area contributed by atoms with Crippen molar-refractivity contribution in [3.8, 4) is 5.69 Å². The number of nitrogens with two attached hydrogens (primary N) is 1. The highest BCUT2D eigenvalue weighted by molar-refractivity contribution is 6.34. The number of halogens is 1. The zero-order valence-electron chi connectivity index (χ0n) is 9.85. The number of aromatic nitrogens is 2. The highest BCUT2D eigenvalue weighted by Crippen LogP contribution is 2.24. The van der Waals surface area contributed by atoms with Crippen molar-refractivity contribution in [1.29, 1.82) is 0 Å². The molecule has 0 radical (unpaired) electrons. The van der Waals surface area contributed by atoms with Gasteiger partial charge in [0.2, 0.25) is 0 Å². The average Bonchev–Trinajstić information content (AvgIpc) is 2.76. The molecule has 0 fully saturated rings. The third-order valence-electron chi connectivity index (χ3n) is 2.58. The quantitative estimate of drug-likeness (QED) is 0.503. The molecule has 5 nitrogen and oxygen atoms in total. The molecule has 2 aromatic rings. The van der Waals surface area contributed by atoms with Crippen LogP contribution in [0, 0.1) is 0 Å². The standard InChI is InChI=1S/C12H13ClN4O/c1-2-9-10(13)11(12(18)15-14)17(16-9)8-6-4-3-5-7-8/h3-7H,2,14H2,1H3,(H,15,18). The summed E-state index contributed by atoms with van der Waals surface area (Å²) in [6, 6.07) is 9.30. The molecule has 1 amide bonds. The minimum absolute atomic E-state index is 0.252. The molecular weight excluding hydrogens is 252 g/mol. The molecule has 1 heterocycles. The molecule has 0 saturated heterocycles. The van der Waals surface area contributed by atoms with E-state index in [4.69, 9.17) is 17.4 Å². The Bertz CT molecular complexity index is 565. The van der Waals surface area contributed by atoms with Gasteiger partial charge in [-0.05, 0) is 18.6 Å². The zero-order chi connectivity index (χ0) is 13.1. The van der Waals surface area contributed by atoms with Crippen molar-refractivity contribution < 1.29 is 4.79 Å². The summed E-state index contributed by atoms with van der Waals surface area (Å²) < 4.78 is 1.50. The predicted octanol–water partition coefficient (Wildman–Crippen LogP) is 1.69. The van der Waals surface area contributed by atoms with Crippen molar-refractivity contribution in [3.63, 3.8) is 0 Å². The van der Waals surface area contributed by atoms with Crippen LogP contribution in [0.1, 0.15) is 23.1 Å². The molecule has 1 aromatic carbocycles. The van der Waals surface area contributed by atoms with Crippen LogP contribution < -0.4 is 11.3 Å². The number of nitrogens with one attached hydrogen (secondary N) is 1. The van der Waals surface area contributed by atoms with Crippen LogP contribution in [0.5, 0.6) is 0 Å². The van der Waals surface area contributed by atoms with Gasteiger partial charge in [-0.2, -0.15) is 5.10 Å². The van der Waals surface area contributed by atoms with Gasteiger partial charge in [-0.1, -0.05) is 36.7 Å². The number of hydrazine groups is 1. The zero-order valence-corrected chi connectivity index (χ0v) is 10.6. The van der Waals surface area contributed by atoms with Crippen LogP contribution in [0.4, 0.5) is 0 Å². The molecule has 0 aliphatic rings. The van der Waals surface area contributed by atoms with E-state index in [-0.39, 0.29) is 5.69 Å². The minimum Gasteiger partial charge on any atom is -0.289 e. The SMILES string of the molecule is CCc1nn(-c2ccccc2)c(C(=O)NN)c1Cl. The third kappa shape index (κ3) is 2.10. The van der Waals surface area contributed by atoms with Crippen molar-refractivity contribution in [3.05, 3.63) is 46.7 Å². The monoisotopic (exact) mass is 264 g/mol. The molecule has 0 bridgehead atoms. The lowest BCUT2D eigenvalue weighted by Gasteiger charge is -2.05. The van der Waals surface area contributed by atoms with Crippen molar-refractivity contribution in [2.45, 2.75) is 13.3 Å². The highest BCUT2D eigenvalue weighted by Gasteiger charge is 2.21. The minimum atomic E-state index is -0.462. The molecule has 94 valence electrons. The number of benzene rings is 1. The number of hydrogen-bond acceptors (Lipinski definition) is 3. The molecule has 0 aliphatic carbocycles. The summed E-state index contributed by atoms with van der Waals surface area (Å²) in [7, 11) is 0. The molecule has 6 heteroatoms. The topological polar surface area (TPSA) is 72.9 Å². The lowest BCUT2D eigenvalue weighted by atomic mass is 10.3. The van der Waals surface area contributed by atoms with E-state index in [1.807, 2.05) is 37.3 Å². The second kappa shape index (κ2) is 5.20. The summed E-state index contributed by atoms with van der Waals surface area (Å²) in [4.78, 5) is 11.8. The van der Waals surface area contributed by atoms with Gasteiger partial charge in [-0.3, -0.25) is 10.2 Å². The molecule has 1 aromatic heterocycles. The van der Waals surface area contributed by atoms with E-state index >= 15 is 0 Å². The fraction of sp³-hybridized carbons (Fsp3) is 0.167. The molecule has 2 rings (SSSR count). The summed E-state index contributed by atoms with van der Waals surface area (Å²) in [5.41, 5.74) is 3.77. The van der Waals surface area contributed by atoms with Gasteiger partial charge in [0, 0.05) is 0 Å². The number of nitrogen functional groups attached to an aromatic ring is 1. The number of hydrogen-bond donors (Lipinski definition) is 2. The van der Waals surface area contributed by atoms with Crippen LogP contribution in [0.3, 0.4) is 0 Å². The first-order valence-electron chi connectivity index (χ1n) is 5.52. The Morgan fingerprint density at radius 3 is 2.67 bits per heavy atom. The van der Waals surface area contributed by atoms with E-state index in [0.29, 0.717) is 17.1 Å². The molecule has 0 spiro atoms. The van der Waals surface area contributed by atoms with Gasteiger partial charge in [-0.15, -0.1) is 0 Å². The Balaban J connectivity index is 2.63. The predicted molar refractivity (Wildman–Crippen MR) is 69.6 cm³/mol. The number of carbonyl (C=O) groups is 1. The van der Waals surface area contributed by atoms with E-state index < -0.39 is 5.91 Å². The van der Waals surface area contributed by atoms with Crippen molar-refractivity contribution in [2.24, 2.45) is 5.84 Å². The highest BCUT2D eigenvalue weighted by atomic mass is 35.5. The summed E-state index contributed by atoms with van der Waals surface area (Å²) in [5.74, 6) is 4.71. The Morgan fingerprint density at radius 1 is 1.44 bits per heavy atom. The molecule has 0 unspecified atom stereocenters. The third-order valence-corrected chi connectivity index (χ3v) is 2.97. The Kier molecular flexibility index (Phi) is 3.64. The molecular formula is C12H13ClN4O. The van der Waals surface area contributed by atoms with Crippen molar-refractivity contribution >= 4 is 17.5 Å². The smallest absolute Gasteiger partial charge is 0.285 e. The van der Waals surface area contributed by atoms with E-state index in [1.54, 1.807) is 0 Å². The van der Waals surface area contributed by atoms with Crippen LogP contribution >= 0.6 is 11.6 Å².